The minimum absolute atomic E-state index is 0.0294. The summed E-state index contributed by atoms with van der Waals surface area (Å²) in [6.07, 6.45) is 4.21. The van der Waals surface area contributed by atoms with Gasteiger partial charge in [0.2, 0.25) is 0 Å². The first kappa shape index (κ1) is 14.8. The lowest BCUT2D eigenvalue weighted by Crippen LogP contribution is -2.41. The van der Waals surface area contributed by atoms with Gasteiger partial charge >= 0.3 is 0 Å². The van der Waals surface area contributed by atoms with Gasteiger partial charge in [-0.15, -0.1) is 0 Å². The van der Waals surface area contributed by atoms with E-state index in [0.717, 1.165) is 32.0 Å². The topological polar surface area (TPSA) is 57.3 Å². The van der Waals surface area contributed by atoms with E-state index in [0.29, 0.717) is 5.56 Å². The van der Waals surface area contributed by atoms with Crippen molar-refractivity contribution in [2.24, 2.45) is 0 Å². The highest BCUT2D eigenvalue weighted by Crippen LogP contribution is 2.09. The molecule has 5 heteroatoms. The monoisotopic (exact) mass is 276 g/mol. The van der Waals surface area contributed by atoms with Crippen LogP contribution in [0.15, 0.2) is 18.3 Å². The maximum Gasteiger partial charge on any atom is 0.251 e. The first-order valence-electron chi connectivity index (χ1n) is 7.42. The van der Waals surface area contributed by atoms with Gasteiger partial charge < -0.3 is 15.5 Å². The van der Waals surface area contributed by atoms with Crippen LogP contribution in [0.3, 0.4) is 0 Å². The van der Waals surface area contributed by atoms with Crippen molar-refractivity contribution in [3.63, 3.8) is 0 Å². The smallest absolute Gasteiger partial charge is 0.251 e. The molecule has 0 radical (unpaired) electrons. The van der Waals surface area contributed by atoms with Crippen LogP contribution in [-0.4, -0.2) is 48.0 Å². The number of pyridine rings is 1. The fourth-order valence-corrected chi connectivity index (χ4v) is 2.55. The Bertz CT molecular complexity index is 443. The summed E-state index contributed by atoms with van der Waals surface area (Å²) in [5.41, 5.74) is 0.657. The average Bonchev–Trinajstić information content (AvgIpc) is 2.92. The van der Waals surface area contributed by atoms with Gasteiger partial charge in [0.15, 0.2) is 0 Å². The summed E-state index contributed by atoms with van der Waals surface area (Å²) in [7, 11) is 0. The van der Waals surface area contributed by atoms with Crippen LogP contribution in [0.2, 0.25) is 0 Å². The Morgan fingerprint density at radius 3 is 2.90 bits per heavy atom. The van der Waals surface area contributed by atoms with E-state index in [1.165, 1.54) is 12.8 Å². The molecule has 20 heavy (non-hydrogen) atoms. The number of anilines is 1. The second-order valence-corrected chi connectivity index (χ2v) is 5.34. The normalized spacial score (nSPS) is 16.9. The van der Waals surface area contributed by atoms with Crippen LogP contribution in [-0.2, 0) is 0 Å². The molecule has 0 aromatic carbocycles. The number of aromatic nitrogens is 1. The molecule has 110 valence electrons. The van der Waals surface area contributed by atoms with E-state index < -0.39 is 0 Å². The molecule has 1 aliphatic heterocycles. The number of likely N-dealkylation sites (tertiary alicyclic amines) is 1. The minimum atomic E-state index is -0.0294. The second kappa shape index (κ2) is 7.24. The molecule has 0 saturated carbocycles. The standard InChI is InChI=1S/C15H24N4O/c1-3-16-14-10-13(6-7-17-14)15(20)18-12(2)11-19-8-4-5-9-19/h6-7,10,12H,3-5,8-9,11H2,1-2H3,(H,16,17)(H,18,20). The van der Waals surface area contributed by atoms with E-state index in [4.69, 9.17) is 0 Å². The van der Waals surface area contributed by atoms with Crippen LogP contribution in [0.25, 0.3) is 0 Å². The van der Waals surface area contributed by atoms with Crippen molar-refractivity contribution >= 4 is 11.7 Å². The number of carbonyl (C=O) groups is 1. The van der Waals surface area contributed by atoms with Crippen molar-refractivity contribution in [1.82, 2.24) is 15.2 Å². The third kappa shape index (κ3) is 4.20. The van der Waals surface area contributed by atoms with E-state index in [1.54, 1.807) is 18.3 Å². The Labute approximate surface area is 120 Å². The van der Waals surface area contributed by atoms with Gasteiger partial charge in [-0.3, -0.25) is 4.79 Å². The van der Waals surface area contributed by atoms with Gasteiger partial charge in [0.1, 0.15) is 5.82 Å². The highest BCUT2D eigenvalue weighted by atomic mass is 16.1. The highest BCUT2D eigenvalue weighted by Gasteiger charge is 2.16. The molecule has 1 fully saturated rings. The Balaban J connectivity index is 1.88. The summed E-state index contributed by atoms with van der Waals surface area (Å²) in [4.78, 5) is 18.8. The van der Waals surface area contributed by atoms with E-state index in [1.807, 2.05) is 6.92 Å². The summed E-state index contributed by atoms with van der Waals surface area (Å²) in [6, 6.07) is 3.71. The summed E-state index contributed by atoms with van der Waals surface area (Å²) in [5.74, 6) is 0.714. The molecule has 1 unspecified atom stereocenters. The van der Waals surface area contributed by atoms with Gasteiger partial charge in [-0.25, -0.2) is 4.98 Å². The van der Waals surface area contributed by atoms with Crippen LogP contribution in [0.4, 0.5) is 5.82 Å². The van der Waals surface area contributed by atoms with Crippen molar-refractivity contribution in [2.45, 2.75) is 32.7 Å². The largest absolute Gasteiger partial charge is 0.370 e. The lowest BCUT2D eigenvalue weighted by Gasteiger charge is -2.21. The Morgan fingerprint density at radius 1 is 1.45 bits per heavy atom. The molecule has 2 rings (SSSR count). The fraction of sp³-hybridized carbons (Fsp3) is 0.600. The molecule has 1 aromatic heterocycles. The Hall–Kier alpha value is -1.62. The second-order valence-electron chi connectivity index (χ2n) is 5.34. The number of amides is 1. The maximum atomic E-state index is 12.2. The summed E-state index contributed by atoms with van der Waals surface area (Å²) >= 11 is 0. The lowest BCUT2D eigenvalue weighted by atomic mass is 10.2. The van der Waals surface area contributed by atoms with Gasteiger partial charge in [-0.2, -0.15) is 0 Å². The molecule has 2 heterocycles. The summed E-state index contributed by atoms with van der Waals surface area (Å²) in [6.45, 7) is 8.09. The minimum Gasteiger partial charge on any atom is -0.370 e. The highest BCUT2D eigenvalue weighted by molar-refractivity contribution is 5.94. The predicted octanol–water partition coefficient (Wildman–Crippen LogP) is 1.73. The first-order valence-corrected chi connectivity index (χ1v) is 7.42. The van der Waals surface area contributed by atoms with Crippen LogP contribution in [0, 0.1) is 0 Å². The van der Waals surface area contributed by atoms with Gasteiger partial charge in [-0.1, -0.05) is 0 Å². The number of rotatable bonds is 6. The number of hydrogen-bond acceptors (Lipinski definition) is 4. The van der Waals surface area contributed by atoms with Gasteiger partial charge in [-0.05, 0) is 51.9 Å². The predicted molar refractivity (Wildman–Crippen MR) is 81.0 cm³/mol. The molecule has 1 atom stereocenters. The molecule has 1 amide bonds. The zero-order valence-corrected chi connectivity index (χ0v) is 12.4. The average molecular weight is 276 g/mol. The summed E-state index contributed by atoms with van der Waals surface area (Å²) < 4.78 is 0. The number of nitrogens with zero attached hydrogens (tertiary/aromatic N) is 2. The molecular formula is C15H24N4O. The molecule has 2 N–H and O–H groups in total. The molecular weight excluding hydrogens is 252 g/mol. The lowest BCUT2D eigenvalue weighted by molar-refractivity contribution is 0.0932. The van der Waals surface area contributed by atoms with Crippen LogP contribution < -0.4 is 10.6 Å². The number of carbonyl (C=O) groups excluding carboxylic acids is 1. The molecule has 1 aromatic rings. The molecule has 0 spiro atoms. The first-order chi connectivity index (χ1) is 9.69. The Kier molecular flexibility index (Phi) is 5.35. The maximum absolute atomic E-state index is 12.2. The molecule has 1 aliphatic rings. The van der Waals surface area contributed by atoms with Gasteiger partial charge in [0.05, 0.1) is 0 Å². The van der Waals surface area contributed by atoms with Crippen molar-refractivity contribution in [3.05, 3.63) is 23.9 Å². The zero-order chi connectivity index (χ0) is 14.4. The van der Waals surface area contributed by atoms with Gasteiger partial charge in [0, 0.05) is 30.9 Å². The molecule has 5 nitrogen and oxygen atoms in total. The number of nitrogens with one attached hydrogen (secondary N) is 2. The Morgan fingerprint density at radius 2 is 2.20 bits per heavy atom. The van der Waals surface area contributed by atoms with Crippen LogP contribution in [0.5, 0.6) is 0 Å². The van der Waals surface area contributed by atoms with E-state index in [2.05, 4.69) is 27.4 Å². The van der Waals surface area contributed by atoms with Crippen LogP contribution >= 0.6 is 0 Å². The van der Waals surface area contributed by atoms with Crippen molar-refractivity contribution in [3.8, 4) is 0 Å². The van der Waals surface area contributed by atoms with Crippen LogP contribution in [0.1, 0.15) is 37.0 Å². The fourth-order valence-electron chi connectivity index (χ4n) is 2.55. The molecule has 0 bridgehead atoms. The zero-order valence-electron chi connectivity index (χ0n) is 12.4. The van der Waals surface area contributed by atoms with Crippen molar-refractivity contribution < 1.29 is 4.79 Å². The third-order valence-corrected chi connectivity index (χ3v) is 3.49. The SMILES string of the molecule is CCNc1cc(C(=O)NC(C)CN2CCCC2)ccn1. The quantitative estimate of drug-likeness (QED) is 0.831. The third-order valence-electron chi connectivity index (χ3n) is 3.49. The molecule has 0 aliphatic carbocycles. The van der Waals surface area contributed by atoms with E-state index in [9.17, 15) is 4.79 Å². The number of hydrogen-bond donors (Lipinski definition) is 2. The van der Waals surface area contributed by atoms with E-state index >= 15 is 0 Å². The summed E-state index contributed by atoms with van der Waals surface area (Å²) in [5, 5.41) is 6.17. The molecule has 1 saturated heterocycles. The van der Waals surface area contributed by atoms with Crippen molar-refractivity contribution in [1.29, 1.82) is 0 Å². The van der Waals surface area contributed by atoms with Crippen molar-refractivity contribution in [2.75, 3.05) is 31.5 Å². The van der Waals surface area contributed by atoms with E-state index in [-0.39, 0.29) is 11.9 Å². The van der Waals surface area contributed by atoms with Gasteiger partial charge in [0.25, 0.3) is 5.91 Å².